The van der Waals surface area contributed by atoms with Crippen LogP contribution < -0.4 is 16.0 Å². The van der Waals surface area contributed by atoms with Gasteiger partial charge in [0.05, 0.1) is 11.6 Å². The molecule has 1 saturated heterocycles. The molecule has 0 saturated carbocycles. The van der Waals surface area contributed by atoms with Crippen LogP contribution in [0.1, 0.15) is 18.3 Å². The lowest BCUT2D eigenvalue weighted by atomic mass is 10.1. The van der Waals surface area contributed by atoms with Crippen LogP contribution in [-0.2, 0) is 13.0 Å². The van der Waals surface area contributed by atoms with Crippen LogP contribution in [0.15, 0.2) is 42.6 Å². The van der Waals surface area contributed by atoms with E-state index >= 15 is 0 Å². The van der Waals surface area contributed by atoms with Gasteiger partial charge in [-0.15, -0.1) is 0 Å². The van der Waals surface area contributed by atoms with Crippen molar-refractivity contribution in [3.05, 3.63) is 59.0 Å². The topological polar surface area (TPSA) is 96.1 Å². The first-order chi connectivity index (χ1) is 14.6. The minimum atomic E-state index is 0.223. The molecule has 3 aromatic rings. The van der Waals surface area contributed by atoms with E-state index in [1.807, 2.05) is 30.3 Å². The predicted octanol–water partition coefficient (Wildman–Crippen LogP) is 3.13. The highest BCUT2D eigenvalue weighted by atomic mass is 35.5. The molecule has 0 atom stereocenters. The molecule has 1 aliphatic heterocycles. The number of hydrogen-bond acceptors (Lipinski definition) is 8. The highest BCUT2D eigenvalue weighted by Gasteiger charge is 2.19. The van der Waals surface area contributed by atoms with Crippen molar-refractivity contribution < 1.29 is 0 Å². The summed E-state index contributed by atoms with van der Waals surface area (Å²) in [4.78, 5) is 22.1. The highest BCUT2D eigenvalue weighted by molar-refractivity contribution is 6.30. The third-order valence-electron chi connectivity index (χ3n) is 5.12. The molecule has 30 heavy (non-hydrogen) atoms. The van der Waals surface area contributed by atoms with Gasteiger partial charge in [-0.1, -0.05) is 36.7 Å². The number of nitrogens with zero attached hydrogens (tertiary/aromatic N) is 6. The smallest absolute Gasteiger partial charge is 0.232 e. The Bertz CT molecular complexity index is 987. The van der Waals surface area contributed by atoms with E-state index in [4.69, 9.17) is 17.3 Å². The standard InChI is InChI=1S/C21H25ClN8/c1-2-15-5-3-4-6-17(15)25-21-27-18(26-20(23)28-21)14-29-9-11-30(12-10-29)19-8-7-16(22)13-24-19/h3-8,13H,2,9-12,14H2,1H3,(H3,23,25,26,27,28). The number of hydrogen-bond donors (Lipinski definition) is 2. The molecule has 0 bridgehead atoms. The van der Waals surface area contributed by atoms with Gasteiger partial charge in [0.1, 0.15) is 11.6 Å². The molecular weight excluding hydrogens is 400 g/mol. The van der Waals surface area contributed by atoms with Gasteiger partial charge in [0, 0.05) is 38.1 Å². The largest absolute Gasteiger partial charge is 0.368 e. The fraction of sp³-hybridized carbons (Fsp3) is 0.333. The summed E-state index contributed by atoms with van der Waals surface area (Å²) in [5.41, 5.74) is 8.14. The fourth-order valence-corrected chi connectivity index (χ4v) is 3.64. The van der Waals surface area contributed by atoms with E-state index in [1.165, 1.54) is 5.56 Å². The summed E-state index contributed by atoms with van der Waals surface area (Å²) in [5, 5.41) is 3.94. The summed E-state index contributed by atoms with van der Waals surface area (Å²) < 4.78 is 0. The van der Waals surface area contributed by atoms with Crippen LogP contribution in [0.4, 0.5) is 23.4 Å². The molecule has 0 radical (unpaired) electrons. The van der Waals surface area contributed by atoms with Gasteiger partial charge in [-0.25, -0.2) is 4.98 Å². The number of nitrogen functional groups attached to an aromatic ring is 1. The normalized spacial score (nSPS) is 14.7. The van der Waals surface area contributed by atoms with Gasteiger partial charge in [0.2, 0.25) is 11.9 Å². The Morgan fingerprint density at radius 3 is 2.57 bits per heavy atom. The van der Waals surface area contributed by atoms with E-state index < -0.39 is 0 Å². The number of nitrogens with one attached hydrogen (secondary N) is 1. The summed E-state index contributed by atoms with van der Waals surface area (Å²) in [5.74, 6) is 2.31. The first-order valence-electron chi connectivity index (χ1n) is 10.0. The zero-order valence-electron chi connectivity index (χ0n) is 16.9. The molecular formula is C21H25ClN8. The first kappa shape index (κ1) is 20.3. The lowest BCUT2D eigenvalue weighted by Crippen LogP contribution is -2.46. The maximum absolute atomic E-state index is 5.95. The minimum absolute atomic E-state index is 0.223. The van der Waals surface area contributed by atoms with Gasteiger partial charge in [-0.3, -0.25) is 4.90 Å². The second kappa shape index (κ2) is 9.23. The van der Waals surface area contributed by atoms with Crippen molar-refractivity contribution in [3.8, 4) is 0 Å². The van der Waals surface area contributed by atoms with Crippen molar-refractivity contribution in [2.24, 2.45) is 0 Å². The maximum Gasteiger partial charge on any atom is 0.232 e. The molecule has 1 aromatic carbocycles. The number of piperazine rings is 1. The summed E-state index contributed by atoms with van der Waals surface area (Å²) in [6.45, 7) is 6.27. The second-order valence-corrected chi connectivity index (χ2v) is 7.60. The van der Waals surface area contributed by atoms with Crippen LogP contribution in [-0.4, -0.2) is 51.0 Å². The number of benzene rings is 1. The Balaban J connectivity index is 1.40. The van der Waals surface area contributed by atoms with Crippen molar-refractivity contribution in [2.75, 3.05) is 42.1 Å². The summed E-state index contributed by atoms with van der Waals surface area (Å²) in [6.07, 6.45) is 2.60. The molecule has 1 aliphatic rings. The van der Waals surface area contributed by atoms with E-state index in [2.05, 4.69) is 48.0 Å². The van der Waals surface area contributed by atoms with Crippen LogP contribution in [0.2, 0.25) is 5.02 Å². The maximum atomic E-state index is 5.95. The van der Waals surface area contributed by atoms with Crippen molar-refractivity contribution in [3.63, 3.8) is 0 Å². The third-order valence-corrected chi connectivity index (χ3v) is 5.34. The number of anilines is 4. The molecule has 1 fully saturated rings. The number of nitrogens with two attached hydrogens (primary N) is 1. The second-order valence-electron chi connectivity index (χ2n) is 7.17. The highest BCUT2D eigenvalue weighted by Crippen LogP contribution is 2.20. The predicted molar refractivity (Wildman–Crippen MR) is 120 cm³/mol. The molecule has 3 heterocycles. The lowest BCUT2D eigenvalue weighted by Gasteiger charge is -2.35. The van der Waals surface area contributed by atoms with E-state index in [0.717, 1.165) is 44.1 Å². The third kappa shape index (κ3) is 4.95. The number of aryl methyl sites for hydroxylation is 1. The van der Waals surface area contributed by atoms with Gasteiger partial charge in [-0.05, 0) is 30.2 Å². The molecule has 9 heteroatoms. The zero-order chi connectivity index (χ0) is 20.9. The van der Waals surface area contributed by atoms with E-state index in [1.54, 1.807) is 6.20 Å². The van der Waals surface area contributed by atoms with Crippen molar-refractivity contribution in [1.82, 2.24) is 24.8 Å². The number of halogens is 1. The van der Waals surface area contributed by atoms with E-state index in [9.17, 15) is 0 Å². The molecule has 8 nitrogen and oxygen atoms in total. The van der Waals surface area contributed by atoms with Gasteiger partial charge in [-0.2, -0.15) is 15.0 Å². The van der Waals surface area contributed by atoms with Crippen molar-refractivity contribution >= 4 is 35.0 Å². The lowest BCUT2D eigenvalue weighted by molar-refractivity contribution is 0.243. The number of aromatic nitrogens is 4. The Hall–Kier alpha value is -2.97. The number of rotatable bonds is 6. The summed E-state index contributed by atoms with van der Waals surface area (Å²) in [7, 11) is 0. The van der Waals surface area contributed by atoms with Gasteiger partial charge in [0.15, 0.2) is 0 Å². The zero-order valence-corrected chi connectivity index (χ0v) is 17.7. The van der Waals surface area contributed by atoms with Crippen molar-refractivity contribution in [1.29, 1.82) is 0 Å². The van der Waals surface area contributed by atoms with E-state index in [-0.39, 0.29) is 5.95 Å². The Kier molecular flexibility index (Phi) is 6.25. The average Bonchev–Trinajstić information content (AvgIpc) is 2.75. The Labute approximate surface area is 181 Å². The molecule has 3 N–H and O–H groups in total. The Morgan fingerprint density at radius 2 is 1.83 bits per heavy atom. The minimum Gasteiger partial charge on any atom is -0.368 e. The molecule has 0 aliphatic carbocycles. The number of pyridine rings is 1. The quantitative estimate of drug-likeness (QED) is 0.623. The van der Waals surface area contributed by atoms with Crippen LogP contribution >= 0.6 is 11.6 Å². The first-order valence-corrected chi connectivity index (χ1v) is 10.4. The van der Waals surface area contributed by atoms with Crippen LogP contribution in [0.25, 0.3) is 0 Å². The molecule has 0 spiro atoms. The van der Waals surface area contributed by atoms with Crippen LogP contribution in [0, 0.1) is 0 Å². The monoisotopic (exact) mass is 424 g/mol. The van der Waals surface area contributed by atoms with Crippen LogP contribution in [0.3, 0.4) is 0 Å². The average molecular weight is 425 g/mol. The molecule has 0 unspecified atom stereocenters. The van der Waals surface area contributed by atoms with Gasteiger partial charge in [0.25, 0.3) is 0 Å². The molecule has 4 rings (SSSR count). The van der Waals surface area contributed by atoms with E-state index in [0.29, 0.717) is 23.3 Å². The summed E-state index contributed by atoms with van der Waals surface area (Å²) in [6, 6.07) is 11.9. The van der Waals surface area contributed by atoms with Crippen molar-refractivity contribution in [2.45, 2.75) is 19.9 Å². The Morgan fingerprint density at radius 1 is 1.03 bits per heavy atom. The summed E-state index contributed by atoms with van der Waals surface area (Å²) >= 11 is 5.93. The van der Waals surface area contributed by atoms with Crippen LogP contribution in [0.5, 0.6) is 0 Å². The molecule has 0 amide bonds. The number of para-hydroxylation sites is 1. The molecule has 156 valence electrons. The van der Waals surface area contributed by atoms with Gasteiger partial charge < -0.3 is 16.0 Å². The van der Waals surface area contributed by atoms with Gasteiger partial charge >= 0.3 is 0 Å². The molecule has 2 aromatic heterocycles. The SMILES string of the molecule is CCc1ccccc1Nc1nc(N)nc(CN2CCN(c3ccc(Cl)cn3)CC2)n1. The fourth-order valence-electron chi connectivity index (χ4n) is 3.53.